The molecule has 4 rings (SSSR count). The molecule has 0 aliphatic rings. The number of methoxy groups -OCH3 is 2. The van der Waals surface area contributed by atoms with Crippen molar-refractivity contribution in [3.63, 3.8) is 0 Å². The van der Waals surface area contributed by atoms with Gasteiger partial charge in [0.1, 0.15) is 5.69 Å². The SMILES string of the molecule is COC(=O)c1[nH]c2ccccc2c1CC(CC(c1ccccc1)c1ccccc1)C(=O)OC. The second-order valence-corrected chi connectivity index (χ2v) is 8.05. The summed E-state index contributed by atoms with van der Waals surface area (Å²) >= 11 is 0. The molecule has 4 aromatic rings. The standard InChI is InChI=1S/C28H27NO4/c1-32-27(30)21(17-23(19-11-5-3-6-12-19)20-13-7-4-8-14-20)18-24-22-15-9-10-16-25(22)29-26(24)28(31)33-2/h3-16,21,23,29H,17-18H2,1-2H3. The minimum atomic E-state index is -0.456. The van der Waals surface area contributed by atoms with Gasteiger partial charge in [-0.1, -0.05) is 78.9 Å². The third-order valence-electron chi connectivity index (χ3n) is 6.11. The number of aromatic amines is 1. The van der Waals surface area contributed by atoms with Crippen molar-refractivity contribution in [1.29, 1.82) is 0 Å². The first kappa shape index (κ1) is 22.3. The number of carbonyl (C=O) groups is 2. The minimum Gasteiger partial charge on any atom is -0.469 e. The van der Waals surface area contributed by atoms with Crippen LogP contribution in [0.25, 0.3) is 10.9 Å². The van der Waals surface area contributed by atoms with Gasteiger partial charge in [0.05, 0.1) is 20.1 Å². The van der Waals surface area contributed by atoms with Gasteiger partial charge in [-0.25, -0.2) is 4.79 Å². The second-order valence-electron chi connectivity index (χ2n) is 8.05. The van der Waals surface area contributed by atoms with Gasteiger partial charge < -0.3 is 14.5 Å². The van der Waals surface area contributed by atoms with E-state index in [0.717, 1.165) is 27.6 Å². The van der Waals surface area contributed by atoms with E-state index in [9.17, 15) is 9.59 Å². The molecule has 1 N–H and O–H groups in total. The number of H-pyrrole nitrogens is 1. The molecule has 1 heterocycles. The Bertz CT molecular complexity index is 1190. The molecule has 5 nitrogen and oxygen atoms in total. The van der Waals surface area contributed by atoms with Crippen molar-refractivity contribution in [3.05, 3.63) is 107 Å². The van der Waals surface area contributed by atoms with E-state index >= 15 is 0 Å². The summed E-state index contributed by atoms with van der Waals surface area (Å²) in [6, 6.07) is 28.0. The van der Waals surface area contributed by atoms with Crippen molar-refractivity contribution >= 4 is 22.8 Å². The molecule has 0 fully saturated rings. The molecular weight excluding hydrogens is 414 g/mol. The van der Waals surface area contributed by atoms with Crippen molar-refractivity contribution in [2.75, 3.05) is 14.2 Å². The molecule has 0 radical (unpaired) electrons. The molecule has 0 aliphatic heterocycles. The molecule has 168 valence electrons. The lowest BCUT2D eigenvalue weighted by molar-refractivity contribution is -0.145. The highest BCUT2D eigenvalue weighted by atomic mass is 16.5. The highest BCUT2D eigenvalue weighted by Crippen LogP contribution is 2.35. The lowest BCUT2D eigenvalue weighted by Gasteiger charge is -2.23. The minimum absolute atomic E-state index is 0.00304. The Kier molecular flexibility index (Phi) is 6.89. The normalized spacial score (nSPS) is 12.0. The van der Waals surface area contributed by atoms with E-state index in [2.05, 4.69) is 29.2 Å². The summed E-state index contributed by atoms with van der Waals surface area (Å²) in [6.07, 6.45) is 0.901. The Morgan fingerprint density at radius 1 is 0.788 bits per heavy atom. The van der Waals surface area contributed by atoms with Crippen molar-refractivity contribution in [1.82, 2.24) is 4.98 Å². The molecule has 1 unspecified atom stereocenters. The molecule has 0 bridgehead atoms. The average Bonchev–Trinajstić information content (AvgIpc) is 3.24. The second kappa shape index (κ2) is 10.2. The monoisotopic (exact) mass is 441 g/mol. The molecule has 1 aromatic heterocycles. The van der Waals surface area contributed by atoms with Crippen molar-refractivity contribution < 1.29 is 19.1 Å². The van der Waals surface area contributed by atoms with Crippen LogP contribution in [0.3, 0.4) is 0 Å². The number of carbonyl (C=O) groups excluding carboxylic acids is 2. The van der Waals surface area contributed by atoms with Crippen LogP contribution in [0.4, 0.5) is 0 Å². The van der Waals surface area contributed by atoms with Crippen LogP contribution >= 0.6 is 0 Å². The number of hydrogen-bond acceptors (Lipinski definition) is 4. The van der Waals surface area contributed by atoms with Gasteiger partial charge in [-0.15, -0.1) is 0 Å². The zero-order valence-electron chi connectivity index (χ0n) is 18.8. The summed E-state index contributed by atoms with van der Waals surface area (Å²) in [7, 11) is 2.77. The van der Waals surface area contributed by atoms with Gasteiger partial charge in [-0.3, -0.25) is 4.79 Å². The summed E-state index contributed by atoms with van der Waals surface area (Å²) in [5, 5.41) is 0.905. The Balaban J connectivity index is 1.75. The fraction of sp³-hybridized carbons (Fsp3) is 0.214. The molecule has 0 spiro atoms. The van der Waals surface area contributed by atoms with E-state index in [1.807, 2.05) is 60.7 Å². The predicted molar refractivity (Wildman–Crippen MR) is 128 cm³/mol. The van der Waals surface area contributed by atoms with Crippen molar-refractivity contribution in [2.45, 2.75) is 18.8 Å². The number of benzene rings is 3. The maximum Gasteiger partial charge on any atom is 0.354 e. The first-order valence-electron chi connectivity index (χ1n) is 11.0. The van der Waals surface area contributed by atoms with Crippen LogP contribution in [-0.4, -0.2) is 31.1 Å². The number of hydrogen-bond donors (Lipinski definition) is 1. The van der Waals surface area contributed by atoms with Gasteiger partial charge >= 0.3 is 11.9 Å². The molecular formula is C28H27NO4. The smallest absolute Gasteiger partial charge is 0.354 e. The van der Waals surface area contributed by atoms with E-state index in [4.69, 9.17) is 9.47 Å². The molecule has 5 heteroatoms. The third-order valence-corrected chi connectivity index (χ3v) is 6.11. The largest absolute Gasteiger partial charge is 0.469 e. The molecule has 33 heavy (non-hydrogen) atoms. The molecule has 3 aromatic carbocycles. The van der Waals surface area contributed by atoms with Crippen molar-refractivity contribution in [3.8, 4) is 0 Å². The zero-order chi connectivity index (χ0) is 23.2. The van der Waals surface area contributed by atoms with Gasteiger partial charge in [-0.2, -0.15) is 0 Å². The average molecular weight is 442 g/mol. The lowest BCUT2D eigenvalue weighted by atomic mass is 9.81. The van der Waals surface area contributed by atoms with Crippen LogP contribution in [-0.2, 0) is 20.7 Å². The molecule has 0 aliphatic carbocycles. The molecule has 1 atom stereocenters. The fourth-order valence-corrected chi connectivity index (χ4v) is 4.48. The summed E-state index contributed by atoms with van der Waals surface area (Å²) in [6.45, 7) is 0. The summed E-state index contributed by atoms with van der Waals surface area (Å²) in [5.74, 6) is -1.20. The number of nitrogens with one attached hydrogen (secondary N) is 1. The fourth-order valence-electron chi connectivity index (χ4n) is 4.48. The molecule has 0 saturated heterocycles. The number of para-hydroxylation sites is 1. The number of fused-ring (bicyclic) bond motifs is 1. The van der Waals surface area contributed by atoms with Gasteiger partial charge in [0, 0.05) is 16.8 Å². The maximum atomic E-state index is 13.0. The van der Waals surface area contributed by atoms with Crippen LogP contribution in [0.1, 0.15) is 39.5 Å². The highest BCUT2D eigenvalue weighted by Gasteiger charge is 2.29. The van der Waals surface area contributed by atoms with E-state index in [-0.39, 0.29) is 11.9 Å². The number of aromatic nitrogens is 1. The Morgan fingerprint density at radius 2 is 1.36 bits per heavy atom. The van der Waals surface area contributed by atoms with Crippen LogP contribution in [0.5, 0.6) is 0 Å². The maximum absolute atomic E-state index is 13.0. The van der Waals surface area contributed by atoms with Crippen molar-refractivity contribution in [2.24, 2.45) is 5.92 Å². The number of ether oxygens (including phenoxy) is 2. The Hall–Kier alpha value is -3.86. The first-order chi connectivity index (χ1) is 16.1. The number of rotatable bonds is 8. The van der Waals surface area contributed by atoms with Gasteiger partial charge in [0.25, 0.3) is 0 Å². The van der Waals surface area contributed by atoms with Crippen LogP contribution in [0.15, 0.2) is 84.9 Å². The van der Waals surface area contributed by atoms with Gasteiger partial charge in [0.2, 0.25) is 0 Å². The van der Waals surface area contributed by atoms with Gasteiger partial charge in [-0.05, 0) is 35.6 Å². The molecule has 0 saturated carbocycles. The summed E-state index contributed by atoms with van der Waals surface area (Å²) in [5.41, 5.74) is 4.24. The van der Waals surface area contributed by atoms with Gasteiger partial charge in [0.15, 0.2) is 0 Å². The topological polar surface area (TPSA) is 68.4 Å². The highest BCUT2D eigenvalue weighted by molar-refractivity contribution is 5.98. The van der Waals surface area contributed by atoms with E-state index in [1.165, 1.54) is 14.2 Å². The zero-order valence-corrected chi connectivity index (χ0v) is 18.8. The summed E-state index contributed by atoms with van der Waals surface area (Å²) in [4.78, 5) is 28.7. The van der Waals surface area contributed by atoms with Crippen LogP contribution in [0, 0.1) is 5.92 Å². The Labute approximate surface area is 193 Å². The third kappa shape index (κ3) is 4.82. The summed E-state index contributed by atoms with van der Waals surface area (Å²) < 4.78 is 10.2. The predicted octanol–water partition coefficient (Wildman–Crippen LogP) is 5.51. The van der Waals surface area contributed by atoms with Crippen LogP contribution in [0.2, 0.25) is 0 Å². The van der Waals surface area contributed by atoms with Crippen LogP contribution < -0.4 is 0 Å². The number of esters is 2. The Morgan fingerprint density at radius 3 is 1.94 bits per heavy atom. The first-order valence-corrected chi connectivity index (χ1v) is 11.0. The lowest BCUT2D eigenvalue weighted by Crippen LogP contribution is -2.23. The molecule has 0 amide bonds. The van der Waals surface area contributed by atoms with E-state index < -0.39 is 11.9 Å². The van der Waals surface area contributed by atoms with E-state index in [1.54, 1.807) is 0 Å². The quantitative estimate of drug-likeness (QED) is 0.366. The van der Waals surface area contributed by atoms with E-state index in [0.29, 0.717) is 18.5 Å².